The number of hydrogen-bond acceptors (Lipinski definition) is 12. The first-order valence-corrected chi connectivity index (χ1v) is 17.2. The van der Waals surface area contributed by atoms with Crippen LogP contribution in [0.15, 0.2) is 54.1 Å². The van der Waals surface area contributed by atoms with Crippen molar-refractivity contribution in [3.63, 3.8) is 0 Å². The maximum atomic E-state index is 14.0. The van der Waals surface area contributed by atoms with Crippen molar-refractivity contribution in [2.24, 2.45) is 5.92 Å². The second kappa shape index (κ2) is 15.6. The second-order valence-corrected chi connectivity index (χ2v) is 14.1. The van der Waals surface area contributed by atoms with Crippen LogP contribution < -0.4 is 20.3 Å². The molecule has 2 amide bonds. The Balaban J connectivity index is 1.52. The number of aliphatic hydroxyl groups is 2. The minimum absolute atomic E-state index is 0.0657. The first kappa shape index (κ1) is 39.3. The molecule has 0 saturated carbocycles. The number of nitrogens with one attached hydrogen (secondary N) is 2. The van der Waals surface area contributed by atoms with Gasteiger partial charge in [-0.2, -0.15) is 0 Å². The number of amides is 2. The molecule has 8 atom stereocenters. The van der Waals surface area contributed by atoms with E-state index in [0.717, 1.165) is 11.1 Å². The van der Waals surface area contributed by atoms with Gasteiger partial charge in [-0.25, -0.2) is 4.79 Å². The zero-order chi connectivity index (χ0) is 38.1. The Hall–Kier alpha value is -3.96. The number of methoxy groups -OCH3 is 2. The Kier molecular flexibility index (Phi) is 11.7. The van der Waals surface area contributed by atoms with Crippen LogP contribution in [-0.2, 0) is 30.2 Å². The number of nitrogens with zero attached hydrogens (tertiary/aromatic N) is 2. The van der Waals surface area contributed by atoms with E-state index >= 15 is 0 Å². The van der Waals surface area contributed by atoms with Gasteiger partial charge < -0.3 is 44.1 Å². The molecule has 52 heavy (non-hydrogen) atoms. The highest BCUT2D eigenvalue weighted by Gasteiger charge is 2.64. The van der Waals surface area contributed by atoms with Gasteiger partial charge in [0, 0.05) is 38.2 Å². The van der Waals surface area contributed by atoms with E-state index in [1.54, 1.807) is 45.2 Å². The third-order valence-corrected chi connectivity index (χ3v) is 10.4. The highest BCUT2D eigenvalue weighted by Crippen LogP contribution is 2.49. The predicted molar refractivity (Wildman–Crippen MR) is 191 cm³/mol. The molecule has 282 valence electrons. The molecule has 0 spiro atoms. The number of nitro benzene ring substituents is 1. The minimum Gasteiger partial charge on any atom is -0.495 e. The van der Waals surface area contributed by atoms with Crippen LogP contribution in [0.5, 0.6) is 5.75 Å². The third kappa shape index (κ3) is 8.31. The number of carbonyl (C=O) groups excluding carboxylic acids is 2. The van der Waals surface area contributed by atoms with Crippen LogP contribution in [0.4, 0.5) is 21.9 Å². The molecule has 3 heterocycles. The van der Waals surface area contributed by atoms with Crippen molar-refractivity contribution in [1.82, 2.24) is 5.32 Å². The van der Waals surface area contributed by atoms with Crippen LogP contribution >= 0.6 is 23.2 Å². The molecule has 2 saturated heterocycles. The summed E-state index contributed by atoms with van der Waals surface area (Å²) in [6.45, 7) is 5.39. The summed E-state index contributed by atoms with van der Waals surface area (Å²) in [4.78, 5) is 38.8. The predicted octanol–water partition coefficient (Wildman–Crippen LogP) is 5.09. The molecule has 0 radical (unpaired) electrons. The van der Waals surface area contributed by atoms with E-state index in [1.165, 1.54) is 37.3 Å². The Morgan fingerprint density at radius 1 is 1.21 bits per heavy atom. The molecule has 3 aliphatic rings. The first-order valence-electron chi connectivity index (χ1n) is 16.4. The van der Waals surface area contributed by atoms with E-state index in [0.29, 0.717) is 17.9 Å². The number of alkyl carbamates (subject to hydrolysis) is 1. The van der Waals surface area contributed by atoms with Gasteiger partial charge in [0.15, 0.2) is 5.72 Å². The summed E-state index contributed by atoms with van der Waals surface area (Å²) in [5.74, 6) is -0.631. The molecule has 15 nitrogen and oxygen atoms in total. The van der Waals surface area contributed by atoms with E-state index in [1.807, 2.05) is 13.0 Å². The number of halogens is 2. The quantitative estimate of drug-likeness (QED) is 0.126. The number of carbonyl (C=O) groups is 2. The number of anilines is 2. The third-order valence-electron chi connectivity index (χ3n) is 9.68. The standard InChI is InChI=1S/C35H42Cl2N4O11/c1-18-8-7-9-27(49-6)35(45)17-26(50-33(44)39-35)19(2)31-34(3,52-31)28(51-32(43)38-21-10-11-23(41(46)47)22(36)15-21)16-29(42)40(4)24-13-20(12-18)14-25(48-5)30(24)37/h7-11,13-15,19,26-28,31-32,38,43,45H,12,16-17H2,1-6H3,(H,39,44)/b9-7+,18-8+/t19-,26+,27-,28+,31+,32?,34+,35+/m1/s1. The summed E-state index contributed by atoms with van der Waals surface area (Å²) in [6.07, 6.45) is -0.910. The lowest BCUT2D eigenvalue weighted by Crippen LogP contribution is -2.63. The highest BCUT2D eigenvalue weighted by molar-refractivity contribution is 6.35. The maximum absolute atomic E-state index is 14.0. The number of aliphatic hydroxyl groups excluding tert-OH is 1. The van der Waals surface area contributed by atoms with Crippen LogP contribution in [-0.4, -0.2) is 90.6 Å². The molecule has 17 heteroatoms. The zero-order valence-electron chi connectivity index (χ0n) is 29.4. The number of ether oxygens (including phenoxy) is 5. The average molecular weight is 766 g/mol. The van der Waals surface area contributed by atoms with Crippen LogP contribution in [0.1, 0.15) is 39.2 Å². The lowest BCUT2D eigenvalue weighted by molar-refractivity contribution is -0.384. The van der Waals surface area contributed by atoms with Crippen molar-refractivity contribution in [2.75, 3.05) is 31.5 Å². The number of nitro groups is 1. The van der Waals surface area contributed by atoms with Crippen molar-refractivity contribution in [3.8, 4) is 5.75 Å². The second-order valence-electron chi connectivity index (χ2n) is 13.3. The molecule has 0 aromatic heterocycles. The monoisotopic (exact) mass is 764 g/mol. The summed E-state index contributed by atoms with van der Waals surface area (Å²) >= 11 is 12.8. The van der Waals surface area contributed by atoms with Crippen LogP contribution in [0.2, 0.25) is 10.0 Å². The number of allylic oxidation sites excluding steroid dienone is 3. The normalized spacial score (nSPS) is 31.6. The fourth-order valence-corrected chi connectivity index (χ4v) is 7.27. The number of epoxide rings is 1. The van der Waals surface area contributed by atoms with Gasteiger partial charge in [0.1, 0.15) is 39.7 Å². The molecule has 2 aromatic rings. The zero-order valence-corrected chi connectivity index (χ0v) is 30.9. The molecule has 2 fully saturated rings. The molecule has 2 aromatic carbocycles. The lowest BCUT2D eigenvalue weighted by atomic mass is 9.83. The number of benzene rings is 2. The smallest absolute Gasteiger partial charge is 0.409 e. The van der Waals surface area contributed by atoms with Crippen molar-refractivity contribution in [1.29, 1.82) is 0 Å². The fraction of sp³-hybridized carbons (Fsp3) is 0.486. The van der Waals surface area contributed by atoms with E-state index < -0.39 is 65.0 Å². The molecule has 0 aliphatic carbocycles. The van der Waals surface area contributed by atoms with Crippen LogP contribution in [0.25, 0.3) is 0 Å². The van der Waals surface area contributed by atoms with Gasteiger partial charge in [-0.3, -0.25) is 20.2 Å². The summed E-state index contributed by atoms with van der Waals surface area (Å²) in [5.41, 5.74) is -1.09. The van der Waals surface area contributed by atoms with Gasteiger partial charge in [-0.05, 0) is 50.1 Å². The van der Waals surface area contributed by atoms with E-state index in [4.69, 9.17) is 46.9 Å². The van der Waals surface area contributed by atoms with Gasteiger partial charge in [-0.15, -0.1) is 0 Å². The SMILES string of the molecule is COc1cc2cc(c1Cl)N(C)C(=O)C[C@H](OC(O)Nc1ccc([N+](=O)[O-])c(Cl)c1)[C@]1(C)O[C@H]1[C@H](C)[C@@H]1C[C@@](O)(NC(=O)O1)[C@H](OC)/C=C/C=C(\C)C2. The number of hydrogen-bond donors (Lipinski definition) is 4. The van der Waals surface area contributed by atoms with Crippen molar-refractivity contribution in [3.05, 3.63) is 79.9 Å². The molecule has 1 unspecified atom stereocenters. The maximum Gasteiger partial charge on any atom is 0.409 e. The summed E-state index contributed by atoms with van der Waals surface area (Å²) in [5, 5.41) is 39.2. The average Bonchev–Trinajstić information content (AvgIpc) is 3.77. The summed E-state index contributed by atoms with van der Waals surface area (Å²) < 4.78 is 29.0. The Morgan fingerprint density at radius 3 is 2.60 bits per heavy atom. The van der Waals surface area contributed by atoms with Crippen molar-refractivity contribution in [2.45, 2.75) is 82.2 Å². The molecule has 5 rings (SSSR count). The summed E-state index contributed by atoms with van der Waals surface area (Å²) in [6, 6.07) is 7.32. The summed E-state index contributed by atoms with van der Waals surface area (Å²) in [7, 11) is 4.45. The van der Waals surface area contributed by atoms with Gasteiger partial charge in [-0.1, -0.05) is 53.9 Å². The van der Waals surface area contributed by atoms with Crippen LogP contribution in [0, 0.1) is 16.0 Å². The molecule has 4 N–H and O–H groups in total. The molecule has 4 bridgehead atoms. The van der Waals surface area contributed by atoms with E-state index in [2.05, 4.69) is 10.6 Å². The van der Waals surface area contributed by atoms with E-state index in [9.17, 15) is 29.9 Å². The molecule has 3 aliphatic heterocycles. The Bertz CT molecular complexity index is 1780. The number of fused-ring (bicyclic) bond motifs is 5. The fourth-order valence-electron chi connectivity index (χ4n) is 6.71. The van der Waals surface area contributed by atoms with Gasteiger partial charge in [0.25, 0.3) is 5.69 Å². The number of rotatable bonds is 7. The largest absolute Gasteiger partial charge is 0.495 e. The Labute approximate surface area is 310 Å². The minimum atomic E-state index is -1.84. The van der Waals surface area contributed by atoms with Gasteiger partial charge in [0.2, 0.25) is 12.3 Å². The van der Waals surface area contributed by atoms with Crippen molar-refractivity contribution >= 4 is 52.3 Å². The topological polar surface area (TPSA) is 194 Å². The van der Waals surface area contributed by atoms with Gasteiger partial charge >= 0.3 is 6.09 Å². The van der Waals surface area contributed by atoms with E-state index in [-0.39, 0.29) is 34.3 Å². The Morgan fingerprint density at radius 2 is 1.94 bits per heavy atom. The lowest BCUT2D eigenvalue weighted by Gasteiger charge is -2.42. The highest BCUT2D eigenvalue weighted by atomic mass is 35.5. The molecular weight excluding hydrogens is 723 g/mol. The molecular formula is C35H42Cl2N4O11. The van der Waals surface area contributed by atoms with Crippen molar-refractivity contribution < 1.29 is 48.4 Å². The van der Waals surface area contributed by atoms with Gasteiger partial charge in [0.05, 0.1) is 30.2 Å². The first-order chi connectivity index (χ1) is 24.5. The van der Waals surface area contributed by atoms with Crippen LogP contribution in [0.3, 0.4) is 0 Å².